The molecule has 1 aromatic carbocycles. The van der Waals surface area contributed by atoms with E-state index in [1.807, 2.05) is 0 Å². The summed E-state index contributed by atoms with van der Waals surface area (Å²) in [5.74, 6) is -1.52. The lowest BCUT2D eigenvalue weighted by Crippen LogP contribution is -2.39. The molecule has 1 aliphatic rings. The molecule has 1 atom stereocenters. The van der Waals surface area contributed by atoms with E-state index in [2.05, 4.69) is 10.4 Å². The fourth-order valence-electron chi connectivity index (χ4n) is 2.59. The van der Waals surface area contributed by atoms with Crippen LogP contribution in [0.3, 0.4) is 0 Å². The molecular formula is C16H17ClF4N4O. The van der Waals surface area contributed by atoms with Gasteiger partial charge in [-0.25, -0.2) is 9.07 Å². The number of para-hydroxylation sites is 1. The number of halogens is 5. The molecule has 1 fully saturated rings. The van der Waals surface area contributed by atoms with E-state index >= 15 is 0 Å². The van der Waals surface area contributed by atoms with Crippen LogP contribution in [0.1, 0.15) is 28.9 Å². The van der Waals surface area contributed by atoms with Gasteiger partial charge in [0.2, 0.25) is 0 Å². The maximum absolute atomic E-state index is 13.9. The first kappa shape index (κ1) is 20.2. The van der Waals surface area contributed by atoms with Gasteiger partial charge in [0.15, 0.2) is 5.69 Å². The lowest BCUT2D eigenvalue weighted by atomic mass is 10.1. The van der Waals surface area contributed by atoms with Gasteiger partial charge in [-0.2, -0.15) is 18.3 Å². The molecule has 142 valence electrons. The van der Waals surface area contributed by atoms with Crippen LogP contribution in [0.15, 0.2) is 30.5 Å². The van der Waals surface area contributed by atoms with Crippen LogP contribution >= 0.6 is 12.4 Å². The zero-order chi connectivity index (χ0) is 18.2. The number of aromatic nitrogens is 2. The number of benzene rings is 1. The highest BCUT2D eigenvalue weighted by Gasteiger charge is 2.41. The fourth-order valence-corrected chi connectivity index (χ4v) is 2.59. The number of rotatable bonds is 5. The number of nitrogens with zero attached hydrogens (tertiary/aromatic N) is 2. The van der Waals surface area contributed by atoms with Crippen LogP contribution in [0, 0.1) is 11.7 Å². The zero-order valence-corrected chi connectivity index (χ0v) is 14.3. The van der Waals surface area contributed by atoms with Crippen LogP contribution in [0.4, 0.5) is 17.6 Å². The maximum Gasteiger partial charge on any atom is 0.434 e. The highest BCUT2D eigenvalue weighted by Crippen LogP contribution is 2.34. The third kappa shape index (κ3) is 4.16. The van der Waals surface area contributed by atoms with Gasteiger partial charge >= 0.3 is 6.18 Å². The monoisotopic (exact) mass is 392 g/mol. The zero-order valence-electron chi connectivity index (χ0n) is 13.5. The number of nitrogens with one attached hydrogen (secondary N) is 1. The summed E-state index contributed by atoms with van der Waals surface area (Å²) in [7, 11) is 0. The Hall–Kier alpha value is -2.13. The van der Waals surface area contributed by atoms with E-state index in [1.54, 1.807) is 0 Å². The van der Waals surface area contributed by atoms with Gasteiger partial charge < -0.3 is 11.1 Å². The number of nitrogens with two attached hydrogens (primary N) is 1. The summed E-state index contributed by atoms with van der Waals surface area (Å²) in [4.78, 5) is 12.2. The van der Waals surface area contributed by atoms with Crippen molar-refractivity contribution in [2.75, 3.05) is 6.54 Å². The molecule has 1 amide bonds. The number of amides is 1. The highest BCUT2D eigenvalue weighted by molar-refractivity contribution is 5.95. The third-order valence-corrected chi connectivity index (χ3v) is 4.09. The first-order valence-corrected chi connectivity index (χ1v) is 7.73. The molecule has 0 radical (unpaired) electrons. The summed E-state index contributed by atoms with van der Waals surface area (Å²) < 4.78 is 54.7. The number of carbonyl (C=O) groups is 1. The summed E-state index contributed by atoms with van der Waals surface area (Å²) >= 11 is 0. The van der Waals surface area contributed by atoms with Crippen molar-refractivity contribution in [3.05, 3.63) is 47.5 Å². The van der Waals surface area contributed by atoms with Gasteiger partial charge in [-0.05, 0) is 30.9 Å². The average molecular weight is 393 g/mol. The Balaban J connectivity index is 0.00000243. The van der Waals surface area contributed by atoms with Gasteiger partial charge in [0.1, 0.15) is 11.5 Å². The predicted octanol–water partition coefficient (Wildman–Crippen LogP) is 2.92. The minimum atomic E-state index is -4.88. The van der Waals surface area contributed by atoms with Crippen molar-refractivity contribution < 1.29 is 22.4 Å². The first-order chi connectivity index (χ1) is 11.8. The maximum atomic E-state index is 13.9. The predicted molar refractivity (Wildman–Crippen MR) is 88.8 cm³/mol. The van der Waals surface area contributed by atoms with Gasteiger partial charge in [0, 0.05) is 12.6 Å². The summed E-state index contributed by atoms with van der Waals surface area (Å²) in [5, 5.41) is 5.97. The molecule has 1 heterocycles. The molecule has 3 rings (SSSR count). The third-order valence-electron chi connectivity index (χ3n) is 4.09. The summed E-state index contributed by atoms with van der Waals surface area (Å²) in [6.45, 7) is 0.0751. The lowest BCUT2D eigenvalue weighted by molar-refractivity contribution is -0.143. The van der Waals surface area contributed by atoms with Crippen LogP contribution < -0.4 is 11.1 Å². The molecule has 1 aliphatic carbocycles. The highest BCUT2D eigenvalue weighted by atomic mass is 35.5. The second-order valence-corrected chi connectivity index (χ2v) is 5.98. The van der Waals surface area contributed by atoms with Crippen LogP contribution in [0.2, 0.25) is 0 Å². The second-order valence-electron chi connectivity index (χ2n) is 5.98. The van der Waals surface area contributed by atoms with Crippen molar-refractivity contribution in [2.45, 2.75) is 25.1 Å². The molecular weight excluding hydrogens is 376 g/mol. The smallest absolute Gasteiger partial charge is 0.350 e. The molecule has 0 bridgehead atoms. The summed E-state index contributed by atoms with van der Waals surface area (Å²) in [5.41, 5.74) is 3.46. The normalized spacial score (nSPS) is 15.3. The quantitative estimate of drug-likeness (QED) is 0.768. The molecule has 26 heavy (non-hydrogen) atoms. The van der Waals surface area contributed by atoms with Crippen LogP contribution in [-0.4, -0.2) is 28.3 Å². The summed E-state index contributed by atoms with van der Waals surface area (Å²) in [6, 6.07) is 4.62. The van der Waals surface area contributed by atoms with E-state index < -0.39 is 29.2 Å². The Labute approximate surface area is 153 Å². The molecule has 1 unspecified atom stereocenters. The van der Waals surface area contributed by atoms with E-state index in [9.17, 15) is 22.4 Å². The number of alkyl halides is 3. The largest absolute Gasteiger partial charge is 0.434 e. The molecule has 3 N–H and O–H groups in total. The summed E-state index contributed by atoms with van der Waals surface area (Å²) in [6.07, 6.45) is -2.19. The molecule has 5 nitrogen and oxygen atoms in total. The van der Waals surface area contributed by atoms with Crippen LogP contribution in [0.25, 0.3) is 5.69 Å². The molecule has 10 heteroatoms. The second kappa shape index (κ2) is 7.63. The van der Waals surface area contributed by atoms with Gasteiger partial charge in [-0.1, -0.05) is 12.1 Å². The van der Waals surface area contributed by atoms with Crippen molar-refractivity contribution in [3.8, 4) is 5.69 Å². The van der Waals surface area contributed by atoms with Crippen LogP contribution in [0.5, 0.6) is 0 Å². The number of hydrogen-bond donors (Lipinski definition) is 2. The van der Waals surface area contributed by atoms with Crippen LogP contribution in [-0.2, 0) is 6.18 Å². The molecule has 1 saturated carbocycles. The Kier molecular flexibility index (Phi) is 5.92. The van der Waals surface area contributed by atoms with Crippen molar-refractivity contribution in [1.29, 1.82) is 0 Å². The number of carbonyl (C=O) groups excluding carboxylic acids is 1. The molecule has 0 spiro atoms. The van der Waals surface area contributed by atoms with Gasteiger partial charge in [-0.3, -0.25) is 4.79 Å². The molecule has 2 aromatic rings. The van der Waals surface area contributed by atoms with Crippen molar-refractivity contribution in [3.63, 3.8) is 0 Å². The first-order valence-electron chi connectivity index (χ1n) is 7.73. The Morgan fingerprint density at radius 1 is 1.35 bits per heavy atom. The van der Waals surface area contributed by atoms with Crippen molar-refractivity contribution in [2.24, 2.45) is 11.7 Å². The Bertz CT molecular complexity index is 789. The molecule has 0 saturated heterocycles. The van der Waals surface area contributed by atoms with Crippen molar-refractivity contribution in [1.82, 2.24) is 15.1 Å². The minimum Gasteiger partial charge on any atom is -0.350 e. The SMILES string of the molecule is Cl.NC(CNC(=O)c1cnn(-c2ccccc2F)c1C(F)(F)F)C1CC1. The van der Waals surface area contributed by atoms with E-state index in [4.69, 9.17) is 5.73 Å². The molecule has 1 aromatic heterocycles. The molecule has 0 aliphatic heterocycles. The Morgan fingerprint density at radius 2 is 2.00 bits per heavy atom. The van der Waals surface area contributed by atoms with E-state index in [1.165, 1.54) is 12.1 Å². The Morgan fingerprint density at radius 3 is 2.58 bits per heavy atom. The fraction of sp³-hybridized carbons (Fsp3) is 0.375. The standard InChI is InChI=1S/C16H16F4N4O.ClH/c17-11-3-1-2-4-13(11)24-14(16(18,19)20)10(7-23-24)15(25)22-8-12(21)9-5-6-9;/h1-4,7,9,12H,5-6,8,21H2,(H,22,25);1H. The van der Waals surface area contributed by atoms with E-state index in [-0.39, 0.29) is 30.7 Å². The van der Waals surface area contributed by atoms with Gasteiger partial charge in [0.05, 0.1) is 11.8 Å². The van der Waals surface area contributed by atoms with Crippen molar-refractivity contribution >= 4 is 18.3 Å². The number of hydrogen-bond acceptors (Lipinski definition) is 3. The topological polar surface area (TPSA) is 72.9 Å². The van der Waals surface area contributed by atoms with E-state index in [0.29, 0.717) is 10.6 Å². The van der Waals surface area contributed by atoms with Gasteiger partial charge in [-0.15, -0.1) is 12.4 Å². The minimum absolute atomic E-state index is 0. The lowest BCUT2D eigenvalue weighted by Gasteiger charge is -2.14. The van der Waals surface area contributed by atoms with Gasteiger partial charge in [0.25, 0.3) is 5.91 Å². The average Bonchev–Trinajstić information content (AvgIpc) is 3.30. The van der Waals surface area contributed by atoms with E-state index in [0.717, 1.165) is 31.2 Å².